The van der Waals surface area contributed by atoms with Crippen LogP contribution >= 0.6 is 11.6 Å². The van der Waals surface area contributed by atoms with E-state index in [9.17, 15) is 9.59 Å². The van der Waals surface area contributed by atoms with Gasteiger partial charge in [0.2, 0.25) is 0 Å². The van der Waals surface area contributed by atoms with Crippen molar-refractivity contribution in [2.24, 2.45) is 0 Å². The van der Waals surface area contributed by atoms with E-state index in [1.807, 2.05) is 31.2 Å². The first-order chi connectivity index (χ1) is 16.3. The smallest absolute Gasteiger partial charge is 0.274 e. The zero-order valence-corrected chi connectivity index (χ0v) is 20.5. The van der Waals surface area contributed by atoms with Gasteiger partial charge in [0.25, 0.3) is 11.8 Å². The third kappa shape index (κ3) is 6.08. The third-order valence-electron chi connectivity index (χ3n) is 5.22. The van der Waals surface area contributed by atoms with E-state index in [-0.39, 0.29) is 10.7 Å². The molecule has 0 aliphatic carbocycles. The second-order valence-corrected chi connectivity index (χ2v) is 8.23. The monoisotopic (exact) mass is 484 g/mol. The number of benzene rings is 2. The topological polar surface area (TPSA) is 94.5 Å². The van der Waals surface area contributed by atoms with E-state index >= 15 is 0 Å². The maximum atomic E-state index is 12.7. The van der Waals surface area contributed by atoms with Crippen LogP contribution in [-0.4, -0.2) is 35.3 Å². The molecule has 0 saturated carbocycles. The Hall–Kier alpha value is -3.52. The molecule has 0 radical (unpaired) electrons. The Kier molecular flexibility index (Phi) is 8.54. The molecule has 3 rings (SSSR count). The van der Waals surface area contributed by atoms with E-state index in [1.54, 1.807) is 29.8 Å². The van der Waals surface area contributed by atoms with Gasteiger partial charge < -0.3 is 9.47 Å². The minimum absolute atomic E-state index is 0.195. The van der Waals surface area contributed by atoms with Crippen molar-refractivity contribution >= 4 is 23.4 Å². The van der Waals surface area contributed by atoms with Crippen LogP contribution in [0.15, 0.2) is 42.5 Å². The number of hydrazine groups is 1. The van der Waals surface area contributed by atoms with Crippen molar-refractivity contribution in [2.45, 2.75) is 40.2 Å². The van der Waals surface area contributed by atoms with Gasteiger partial charge in [0.05, 0.1) is 26.0 Å². The Bertz CT molecular complexity index is 1160. The molecule has 2 amide bonds. The van der Waals surface area contributed by atoms with Crippen molar-refractivity contribution in [1.29, 1.82) is 0 Å². The molecule has 0 aliphatic rings. The average molecular weight is 485 g/mol. The number of rotatable bonds is 9. The van der Waals surface area contributed by atoms with Gasteiger partial charge in [0.1, 0.15) is 10.7 Å². The van der Waals surface area contributed by atoms with Crippen molar-refractivity contribution in [2.75, 3.05) is 13.7 Å². The molecule has 2 aromatic carbocycles. The fourth-order valence-electron chi connectivity index (χ4n) is 3.29. The van der Waals surface area contributed by atoms with Crippen LogP contribution in [0.1, 0.15) is 57.3 Å². The standard InChI is InChI=1S/C25H29ClN4O4/c1-5-6-13-34-20-12-11-19(14-21(20)33-4)24(31)27-28-25(32)22-17(3)29-30(23(22)26)15-18-9-7-16(2)8-10-18/h7-12,14H,5-6,13,15H2,1-4H3,(H,27,31)(H,28,32). The van der Waals surface area contributed by atoms with E-state index in [2.05, 4.69) is 22.9 Å². The molecule has 8 nitrogen and oxygen atoms in total. The SMILES string of the molecule is CCCCOc1ccc(C(=O)NNC(=O)c2c(C)nn(Cc3ccc(C)cc3)c2Cl)cc1OC. The number of unbranched alkanes of at least 4 members (excludes halogenated alkanes) is 1. The van der Waals surface area contributed by atoms with Crippen LogP contribution < -0.4 is 20.3 Å². The minimum Gasteiger partial charge on any atom is -0.493 e. The number of ether oxygens (including phenoxy) is 2. The normalized spacial score (nSPS) is 10.6. The van der Waals surface area contributed by atoms with E-state index in [4.69, 9.17) is 21.1 Å². The van der Waals surface area contributed by atoms with Crippen molar-refractivity contribution in [3.63, 3.8) is 0 Å². The maximum absolute atomic E-state index is 12.7. The van der Waals surface area contributed by atoms with Crippen LogP contribution in [-0.2, 0) is 6.54 Å². The zero-order chi connectivity index (χ0) is 24.7. The second kappa shape index (κ2) is 11.6. The Morgan fingerprint density at radius 3 is 2.41 bits per heavy atom. The molecule has 0 bridgehead atoms. The molecule has 1 heterocycles. The fourth-order valence-corrected chi connectivity index (χ4v) is 3.61. The van der Waals surface area contributed by atoms with Crippen molar-refractivity contribution in [1.82, 2.24) is 20.6 Å². The molecule has 0 unspecified atom stereocenters. The summed E-state index contributed by atoms with van der Waals surface area (Å²) in [5.74, 6) is -0.0728. The fraction of sp³-hybridized carbons (Fsp3) is 0.320. The number of nitrogens with zero attached hydrogens (tertiary/aromatic N) is 2. The largest absolute Gasteiger partial charge is 0.493 e. The van der Waals surface area contributed by atoms with Gasteiger partial charge in [-0.05, 0) is 44.0 Å². The van der Waals surface area contributed by atoms with Crippen LogP contribution in [0.3, 0.4) is 0 Å². The van der Waals surface area contributed by atoms with Crippen LogP contribution in [0, 0.1) is 13.8 Å². The van der Waals surface area contributed by atoms with Gasteiger partial charge in [0.15, 0.2) is 11.5 Å². The van der Waals surface area contributed by atoms with Gasteiger partial charge in [0, 0.05) is 5.56 Å². The Morgan fingerprint density at radius 1 is 1.03 bits per heavy atom. The van der Waals surface area contributed by atoms with Gasteiger partial charge >= 0.3 is 0 Å². The summed E-state index contributed by atoms with van der Waals surface area (Å²) in [6, 6.07) is 12.8. The van der Waals surface area contributed by atoms with Crippen molar-refractivity contribution < 1.29 is 19.1 Å². The summed E-state index contributed by atoms with van der Waals surface area (Å²) in [7, 11) is 1.50. The number of nitrogens with one attached hydrogen (secondary N) is 2. The Labute approximate surface area is 204 Å². The van der Waals surface area contributed by atoms with Crippen molar-refractivity contribution in [3.05, 3.63) is 75.6 Å². The van der Waals surface area contributed by atoms with E-state index in [0.717, 1.165) is 24.0 Å². The first-order valence-electron chi connectivity index (χ1n) is 11.0. The number of halogens is 1. The molecule has 0 fully saturated rings. The van der Waals surface area contributed by atoms with Crippen LogP contribution in [0.25, 0.3) is 0 Å². The lowest BCUT2D eigenvalue weighted by atomic mass is 10.1. The van der Waals surface area contributed by atoms with E-state index in [0.29, 0.717) is 35.9 Å². The highest BCUT2D eigenvalue weighted by Gasteiger charge is 2.21. The van der Waals surface area contributed by atoms with E-state index < -0.39 is 11.8 Å². The Morgan fingerprint density at radius 2 is 1.74 bits per heavy atom. The minimum atomic E-state index is -0.558. The third-order valence-corrected chi connectivity index (χ3v) is 5.60. The predicted molar refractivity (Wildman–Crippen MR) is 131 cm³/mol. The number of carbonyl (C=O) groups is 2. The summed E-state index contributed by atoms with van der Waals surface area (Å²) in [6.45, 7) is 6.76. The Balaban J connectivity index is 1.65. The highest BCUT2D eigenvalue weighted by Crippen LogP contribution is 2.28. The summed E-state index contributed by atoms with van der Waals surface area (Å²) < 4.78 is 12.6. The van der Waals surface area contributed by atoms with Gasteiger partial charge in [-0.2, -0.15) is 5.10 Å². The summed E-state index contributed by atoms with van der Waals surface area (Å²) in [5, 5.41) is 4.57. The second-order valence-electron chi connectivity index (χ2n) is 7.87. The first kappa shape index (κ1) is 25.1. The molecular formula is C25H29ClN4O4. The van der Waals surface area contributed by atoms with Gasteiger partial charge in [-0.3, -0.25) is 20.4 Å². The maximum Gasteiger partial charge on any atom is 0.274 e. The summed E-state index contributed by atoms with van der Waals surface area (Å²) >= 11 is 6.44. The molecule has 0 aliphatic heterocycles. The molecule has 1 aromatic heterocycles. The number of methoxy groups -OCH3 is 1. The first-order valence-corrected chi connectivity index (χ1v) is 11.4. The van der Waals surface area contributed by atoms with Gasteiger partial charge in [-0.25, -0.2) is 4.68 Å². The number of hydrogen-bond donors (Lipinski definition) is 2. The predicted octanol–water partition coefficient (Wildman–Crippen LogP) is 4.46. The van der Waals surface area contributed by atoms with Gasteiger partial charge in [-0.15, -0.1) is 0 Å². The molecule has 0 atom stereocenters. The highest BCUT2D eigenvalue weighted by molar-refractivity contribution is 6.33. The van der Waals surface area contributed by atoms with Crippen LogP contribution in [0.2, 0.25) is 5.15 Å². The van der Waals surface area contributed by atoms with Gasteiger partial charge in [-0.1, -0.05) is 54.8 Å². The lowest BCUT2D eigenvalue weighted by Crippen LogP contribution is -2.41. The number of aryl methyl sites for hydroxylation is 2. The lowest BCUT2D eigenvalue weighted by Gasteiger charge is -2.12. The number of aromatic nitrogens is 2. The number of carbonyl (C=O) groups excluding carboxylic acids is 2. The highest BCUT2D eigenvalue weighted by atomic mass is 35.5. The molecule has 2 N–H and O–H groups in total. The molecule has 9 heteroatoms. The van der Waals surface area contributed by atoms with Crippen molar-refractivity contribution in [3.8, 4) is 11.5 Å². The summed E-state index contributed by atoms with van der Waals surface area (Å²) in [4.78, 5) is 25.3. The lowest BCUT2D eigenvalue weighted by molar-refractivity contribution is 0.0846. The molecule has 0 saturated heterocycles. The molecular weight excluding hydrogens is 456 g/mol. The molecule has 34 heavy (non-hydrogen) atoms. The molecule has 0 spiro atoms. The zero-order valence-electron chi connectivity index (χ0n) is 19.8. The molecule has 3 aromatic rings. The summed E-state index contributed by atoms with van der Waals surface area (Å²) in [5.41, 5.74) is 7.94. The quantitative estimate of drug-likeness (QED) is 0.345. The average Bonchev–Trinajstić information content (AvgIpc) is 3.11. The number of amides is 2. The summed E-state index contributed by atoms with van der Waals surface area (Å²) in [6.07, 6.45) is 1.93. The molecule has 180 valence electrons. The van der Waals surface area contributed by atoms with Crippen LogP contribution in [0.4, 0.5) is 0 Å². The van der Waals surface area contributed by atoms with E-state index in [1.165, 1.54) is 7.11 Å². The number of hydrogen-bond acceptors (Lipinski definition) is 5. The van der Waals surface area contributed by atoms with Crippen LogP contribution in [0.5, 0.6) is 11.5 Å².